The molecule has 2 N–H and O–H groups in total. The maximum Gasteiger partial charge on any atom is 0.234 e. The van der Waals surface area contributed by atoms with Crippen molar-refractivity contribution in [2.45, 2.75) is 45.2 Å². The van der Waals surface area contributed by atoms with Crippen molar-refractivity contribution in [3.8, 4) is 0 Å². The van der Waals surface area contributed by atoms with E-state index in [1.54, 1.807) is 0 Å². The second kappa shape index (κ2) is 6.94. The number of rotatable bonds is 4. The number of anilines is 1. The smallest absolute Gasteiger partial charge is 0.234 e. The first kappa shape index (κ1) is 15.8. The standard InChI is InChI=1S/C17H27N3O/c1-17(2,3)19-16(21)13-18-14-9-11-20(12-10-14)15-7-5-4-6-8-15/h4-8,14,18H,9-13H2,1-3H3,(H,19,21). The molecule has 1 heterocycles. The number of amides is 1. The molecule has 0 aromatic heterocycles. The van der Waals surface area contributed by atoms with Gasteiger partial charge in [0, 0.05) is 30.4 Å². The summed E-state index contributed by atoms with van der Waals surface area (Å²) in [5.74, 6) is 0.0768. The van der Waals surface area contributed by atoms with Gasteiger partial charge in [0.05, 0.1) is 6.54 Å². The Hall–Kier alpha value is -1.55. The molecule has 0 unspecified atom stereocenters. The van der Waals surface area contributed by atoms with E-state index in [0.29, 0.717) is 12.6 Å². The van der Waals surface area contributed by atoms with Crippen LogP contribution < -0.4 is 15.5 Å². The van der Waals surface area contributed by atoms with E-state index in [0.717, 1.165) is 25.9 Å². The zero-order chi connectivity index (χ0) is 15.3. The molecule has 21 heavy (non-hydrogen) atoms. The van der Waals surface area contributed by atoms with Crippen molar-refractivity contribution in [1.29, 1.82) is 0 Å². The number of para-hydroxylation sites is 1. The second-order valence-corrected chi connectivity index (χ2v) is 6.78. The lowest BCUT2D eigenvalue weighted by atomic mass is 10.0. The van der Waals surface area contributed by atoms with Crippen LogP contribution in [0.1, 0.15) is 33.6 Å². The predicted molar refractivity (Wildman–Crippen MR) is 87.6 cm³/mol. The second-order valence-electron chi connectivity index (χ2n) is 6.78. The van der Waals surface area contributed by atoms with Gasteiger partial charge in [-0.2, -0.15) is 0 Å². The Kier molecular flexibility index (Phi) is 5.23. The molecule has 4 nitrogen and oxygen atoms in total. The third kappa shape index (κ3) is 5.38. The molecular weight excluding hydrogens is 262 g/mol. The minimum atomic E-state index is -0.157. The van der Waals surface area contributed by atoms with Gasteiger partial charge >= 0.3 is 0 Å². The minimum Gasteiger partial charge on any atom is -0.371 e. The number of piperidine rings is 1. The van der Waals surface area contributed by atoms with Gasteiger partial charge in [-0.15, -0.1) is 0 Å². The van der Waals surface area contributed by atoms with Gasteiger partial charge < -0.3 is 15.5 Å². The summed E-state index contributed by atoms with van der Waals surface area (Å²) in [6, 6.07) is 11.0. The van der Waals surface area contributed by atoms with E-state index in [4.69, 9.17) is 0 Å². The molecule has 0 aliphatic carbocycles. The van der Waals surface area contributed by atoms with Crippen LogP contribution >= 0.6 is 0 Å². The maximum absolute atomic E-state index is 11.8. The van der Waals surface area contributed by atoms with E-state index in [2.05, 4.69) is 39.8 Å². The van der Waals surface area contributed by atoms with Crippen LogP contribution in [-0.2, 0) is 4.79 Å². The fraction of sp³-hybridized carbons (Fsp3) is 0.588. The van der Waals surface area contributed by atoms with Crippen LogP contribution in [0.15, 0.2) is 30.3 Å². The van der Waals surface area contributed by atoms with Gasteiger partial charge in [0.25, 0.3) is 0 Å². The van der Waals surface area contributed by atoms with Gasteiger partial charge in [0.2, 0.25) is 5.91 Å². The molecular formula is C17H27N3O. The monoisotopic (exact) mass is 289 g/mol. The maximum atomic E-state index is 11.8. The molecule has 116 valence electrons. The number of hydrogen-bond acceptors (Lipinski definition) is 3. The fourth-order valence-corrected chi connectivity index (χ4v) is 2.68. The van der Waals surface area contributed by atoms with Crippen LogP contribution in [0.3, 0.4) is 0 Å². The quantitative estimate of drug-likeness (QED) is 0.893. The minimum absolute atomic E-state index is 0.0768. The third-order valence-electron chi connectivity index (χ3n) is 3.68. The van der Waals surface area contributed by atoms with E-state index in [9.17, 15) is 4.79 Å². The number of nitrogens with zero attached hydrogens (tertiary/aromatic N) is 1. The highest BCUT2D eigenvalue weighted by Crippen LogP contribution is 2.19. The summed E-state index contributed by atoms with van der Waals surface area (Å²) < 4.78 is 0. The zero-order valence-electron chi connectivity index (χ0n) is 13.4. The normalized spacial score (nSPS) is 16.8. The van der Waals surface area contributed by atoms with Crippen molar-refractivity contribution in [2.24, 2.45) is 0 Å². The Labute approximate surface area is 127 Å². The molecule has 0 saturated carbocycles. The lowest BCUT2D eigenvalue weighted by molar-refractivity contribution is -0.121. The Morgan fingerprint density at radius 1 is 1.19 bits per heavy atom. The number of carbonyl (C=O) groups excluding carboxylic acids is 1. The van der Waals surface area contributed by atoms with E-state index in [1.165, 1.54) is 5.69 Å². The van der Waals surface area contributed by atoms with Crippen LogP contribution in [0.5, 0.6) is 0 Å². The Bertz CT molecular complexity index is 445. The van der Waals surface area contributed by atoms with Gasteiger partial charge in [-0.3, -0.25) is 4.79 Å². The highest BCUT2D eigenvalue weighted by atomic mass is 16.2. The highest BCUT2D eigenvalue weighted by Gasteiger charge is 2.20. The zero-order valence-corrected chi connectivity index (χ0v) is 13.4. The molecule has 1 fully saturated rings. The van der Waals surface area contributed by atoms with Crippen molar-refractivity contribution in [2.75, 3.05) is 24.5 Å². The molecule has 2 rings (SSSR count). The summed E-state index contributed by atoms with van der Waals surface area (Å²) in [5.41, 5.74) is 1.14. The van der Waals surface area contributed by atoms with Crippen LogP contribution in [0.25, 0.3) is 0 Å². The summed E-state index contributed by atoms with van der Waals surface area (Å²) in [6.07, 6.45) is 2.16. The van der Waals surface area contributed by atoms with Crippen molar-refractivity contribution in [3.05, 3.63) is 30.3 Å². The first-order valence-electron chi connectivity index (χ1n) is 7.78. The summed E-state index contributed by atoms with van der Waals surface area (Å²) in [5, 5.41) is 6.36. The van der Waals surface area contributed by atoms with Gasteiger partial charge in [-0.25, -0.2) is 0 Å². The SMILES string of the molecule is CC(C)(C)NC(=O)CNC1CCN(c2ccccc2)CC1. The highest BCUT2D eigenvalue weighted by molar-refractivity contribution is 5.78. The largest absolute Gasteiger partial charge is 0.371 e. The number of benzene rings is 1. The van der Waals surface area contributed by atoms with Gasteiger partial charge in [-0.05, 0) is 45.7 Å². The van der Waals surface area contributed by atoms with E-state index in [-0.39, 0.29) is 11.4 Å². The number of carbonyl (C=O) groups is 1. The number of nitrogens with one attached hydrogen (secondary N) is 2. The van der Waals surface area contributed by atoms with Crippen LogP contribution in [0.2, 0.25) is 0 Å². The average Bonchev–Trinajstić information content (AvgIpc) is 2.45. The first-order valence-corrected chi connectivity index (χ1v) is 7.78. The Morgan fingerprint density at radius 2 is 1.81 bits per heavy atom. The molecule has 1 saturated heterocycles. The van der Waals surface area contributed by atoms with Gasteiger partial charge in [0.1, 0.15) is 0 Å². The summed E-state index contributed by atoms with van der Waals surface area (Å²) in [6.45, 7) is 8.51. The van der Waals surface area contributed by atoms with Crippen molar-refractivity contribution >= 4 is 11.6 Å². The van der Waals surface area contributed by atoms with E-state index < -0.39 is 0 Å². The lowest BCUT2D eigenvalue weighted by Gasteiger charge is -2.34. The Morgan fingerprint density at radius 3 is 2.38 bits per heavy atom. The van der Waals surface area contributed by atoms with Gasteiger partial charge in [-0.1, -0.05) is 18.2 Å². The van der Waals surface area contributed by atoms with E-state index >= 15 is 0 Å². The van der Waals surface area contributed by atoms with Crippen molar-refractivity contribution in [3.63, 3.8) is 0 Å². The first-order chi connectivity index (χ1) is 9.94. The van der Waals surface area contributed by atoms with Crippen LogP contribution in [-0.4, -0.2) is 37.1 Å². The topological polar surface area (TPSA) is 44.4 Å². The molecule has 1 aromatic rings. The fourth-order valence-electron chi connectivity index (χ4n) is 2.68. The van der Waals surface area contributed by atoms with E-state index in [1.807, 2.05) is 26.8 Å². The summed E-state index contributed by atoms with van der Waals surface area (Å²) >= 11 is 0. The van der Waals surface area contributed by atoms with Crippen molar-refractivity contribution < 1.29 is 4.79 Å². The van der Waals surface area contributed by atoms with Crippen LogP contribution in [0.4, 0.5) is 5.69 Å². The summed E-state index contributed by atoms with van der Waals surface area (Å²) in [7, 11) is 0. The molecule has 0 radical (unpaired) electrons. The van der Waals surface area contributed by atoms with Crippen LogP contribution in [0, 0.1) is 0 Å². The molecule has 4 heteroatoms. The van der Waals surface area contributed by atoms with Crippen molar-refractivity contribution in [1.82, 2.24) is 10.6 Å². The third-order valence-corrected chi connectivity index (χ3v) is 3.68. The average molecular weight is 289 g/mol. The molecule has 0 atom stereocenters. The molecule has 1 aliphatic rings. The molecule has 0 spiro atoms. The molecule has 1 aliphatic heterocycles. The lowest BCUT2D eigenvalue weighted by Crippen LogP contribution is -2.49. The molecule has 1 aromatic carbocycles. The predicted octanol–water partition coefficient (Wildman–Crippen LogP) is 2.16. The Balaban J connectivity index is 1.71. The molecule has 1 amide bonds. The summed E-state index contributed by atoms with van der Waals surface area (Å²) in [4.78, 5) is 14.2. The molecule has 0 bridgehead atoms. The van der Waals surface area contributed by atoms with Gasteiger partial charge in [0.15, 0.2) is 0 Å². The number of hydrogen-bond donors (Lipinski definition) is 2.